The van der Waals surface area contributed by atoms with Crippen molar-refractivity contribution in [3.8, 4) is 0 Å². The van der Waals surface area contributed by atoms with E-state index in [0.29, 0.717) is 12.8 Å². The van der Waals surface area contributed by atoms with Crippen molar-refractivity contribution < 1.29 is 19.1 Å². The molecule has 0 fully saturated rings. The average molecular weight is 242 g/mol. The molecule has 4 heteroatoms. The molecule has 0 aliphatic carbocycles. The van der Waals surface area contributed by atoms with Gasteiger partial charge in [-0.1, -0.05) is 6.08 Å². The lowest BCUT2D eigenvalue weighted by atomic mass is 9.85. The number of hydrogen-bond acceptors (Lipinski definition) is 4. The standard InChI is InChI=1S/C13H22O4/c1-5-8-9-10-13(4,11(14)16-6-2)12(15)17-7-3/h5H,1,6-10H2,2-4H3. The van der Waals surface area contributed by atoms with E-state index in [-0.39, 0.29) is 13.2 Å². The highest BCUT2D eigenvalue weighted by molar-refractivity contribution is 5.99. The molecule has 0 aliphatic heterocycles. The molecule has 17 heavy (non-hydrogen) atoms. The number of unbranched alkanes of at least 4 members (excludes halogenated alkanes) is 1. The number of esters is 2. The first kappa shape index (κ1) is 15.7. The molecule has 0 N–H and O–H groups in total. The van der Waals surface area contributed by atoms with E-state index in [1.165, 1.54) is 0 Å². The lowest BCUT2D eigenvalue weighted by Gasteiger charge is -2.24. The first-order valence-corrected chi connectivity index (χ1v) is 5.98. The van der Waals surface area contributed by atoms with Gasteiger partial charge in [0, 0.05) is 0 Å². The van der Waals surface area contributed by atoms with Crippen LogP contribution in [-0.4, -0.2) is 25.2 Å². The molecule has 0 aromatic rings. The maximum Gasteiger partial charge on any atom is 0.323 e. The molecule has 0 atom stereocenters. The first-order valence-electron chi connectivity index (χ1n) is 5.98. The normalized spacial score (nSPS) is 10.8. The molecule has 4 nitrogen and oxygen atoms in total. The van der Waals surface area contributed by atoms with Crippen molar-refractivity contribution in [1.29, 1.82) is 0 Å². The molecule has 0 rings (SSSR count). The summed E-state index contributed by atoms with van der Waals surface area (Å²) in [4.78, 5) is 23.7. The summed E-state index contributed by atoms with van der Waals surface area (Å²) in [5.41, 5.74) is -1.20. The number of allylic oxidation sites excluding steroid dienone is 1. The Balaban J connectivity index is 4.72. The summed E-state index contributed by atoms with van der Waals surface area (Å²) < 4.78 is 9.88. The van der Waals surface area contributed by atoms with Crippen LogP contribution in [0.4, 0.5) is 0 Å². The van der Waals surface area contributed by atoms with Gasteiger partial charge in [0.1, 0.15) is 0 Å². The topological polar surface area (TPSA) is 52.6 Å². The molecule has 98 valence electrons. The van der Waals surface area contributed by atoms with Gasteiger partial charge in [-0.3, -0.25) is 9.59 Å². The van der Waals surface area contributed by atoms with E-state index in [1.54, 1.807) is 26.8 Å². The summed E-state index contributed by atoms with van der Waals surface area (Å²) in [6.45, 7) is 9.14. The van der Waals surface area contributed by atoms with Crippen LogP contribution in [0.1, 0.15) is 40.0 Å². The molecule has 0 radical (unpaired) electrons. The quantitative estimate of drug-likeness (QED) is 0.284. The summed E-state index contributed by atoms with van der Waals surface area (Å²) >= 11 is 0. The van der Waals surface area contributed by atoms with E-state index in [1.807, 2.05) is 0 Å². The Morgan fingerprint density at radius 1 is 1.18 bits per heavy atom. The van der Waals surface area contributed by atoms with Gasteiger partial charge in [0.15, 0.2) is 5.41 Å². The Hall–Kier alpha value is -1.32. The second kappa shape index (κ2) is 7.87. The maximum atomic E-state index is 11.8. The second-order valence-electron chi connectivity index (χ2n) is 3.95. The van der Waals surface area contributed by atoms with Gasteiger partial charge in [0.25, 0.3) is 0 Å². The molecular weight excluding hydrogens is 220 g/mol. The van der Waals surface area contributed by atoms with Crippen LogP contribution in [-0.2, 0) is 19.1 Å². The molecule has 0 aliphatic rings. The van der Waals surface area contributed by atoms with Gasteiger partial charge in [0.2, 0.25) is 0 Å². The molecule has 0 saturated carbocycles. The van der Waals surface area contributed by atoms with Gasteiger partial charge in [-0.25, -0.2) is 0 Å². The molecule has 0 amide bonds. The fourth-order valence-electron chi connectivity index (χ4n) is 1.47. The highest BCUT2D eigenvalue weighted by Crippen LogP contribution is 2.28. The lowest BCUT2D eigenvalue weighted by Crippen LogP contribution is -2.39. The molecule has 0 aromatic heterocycles. The number of rotatable bonds is 8. The summed E-state index contributed by atoms with van der Waals surface area (Å²) in [6.07, 6.45) is 3.64. The van der Waals surface area contributed by atoms with Gasteiger partial charge in [-0.2, -0.15) is 0 Å². The Kier molecular flexibility index (Phi) is 7.26. The highest BCUT2D eigenvalue weighted by atomic mass is 16.6. The van der Waals surface area contributed by atoms with E-state index < -0.39 is 17.4 Å². The van der Waals surface area contributed by atoms with Crippen molar-refractivity contribution in [2.75, 3.05) is 13.2 Å². The van der Waals surface area contributed by atoms with Crippen LogP contribution in [0.3, 0.4) is 0 Å². The van der Waals surface area contributed by atoms with Crippen LogP contribution in [0.5, 0.6) is 0 Å². The largest absolute Gasteiger partial charge is 0.465 e. The third-order valence-corrected chi connectivity index (χ3v) is 2.54. The predicted octanol–water partition coefficient (Wildman–Crippen LogP) is 2.48. The van der Waals surface area contributed by atoms with E-state index in [4.69, 9.17) is 9.47 Å². The fraction of sp³-hybridized carbons (Fsp3) is 0.692. The predicted molar refractivity (Wildman–Crippen MR) is 65.4 cm³/mol. The van der Waals surface area contributed by atoms with Crippen molar-refractivity contribution in [1.82, 2.24) is 0 Å². The highest BCUT2D eigenvalue weighted by Gasteiger charge is 2.43. The average Bonchev–Trinajstić information content (AvgIpc) is 2.29. The van der Waals surface area contributed by atoms with Gasteiger partial charge in [-0.15, -0.1) is 6.58 Å². The van der Waals surface area contributed by atoms with Gasteiger partial charge in [0.05, 0.1) is 13.2 Å². The zero-order chi connectivity index (χ0) is 13.3. The minimum Gasteiger partial charge on any atom is -0.465 e. The molecule has 0 heterocycles. The van der Waals surface area contributed by atoms with Crippen LogP contribution >= 0.6 is 0 Å². The molecule has 0 aromatic carbocycles. The van der Waals surface area contributed by atoms with E-state index in [2.05, 4.69) is 6.58 Å². The van der Waals surface area contributed by atoms with Crippen LogP contribution in [0.2, 0.25) is 0 Å². The zero-order valence-corrected chi connectivity index (χ0v) is 11.0. The Bertz CT molecular complexity index is 253. The number of ether oxygens (including phenoxy) is 2. The van der Waals surface area contributed by atoms with E-state index >= 15 is 0 Å². The van der Waals surface area contributed by atoms with Crippen molar-refractivity contribution in [2.24, 2.45) is 5.41 Å². The smallest absolute Gasteiger partial charge is 0.323 e. The van der Waals surface area contributed by atoms with Crippen LogP contribution in [0, 0.1) is 5.41 Å². The summed E-state index contributed by atoms with van der Waals surface area (Å²) in [5.74, 6) is -1.02. The second-order valence-corrected chi connectivity index (χ2v) is 3.95. The molecular formula is C13H22O4. The summed E-state index contributed by atoms with van der Waals surface area (Å²) in [5, 5.41) is 0. The van der Waals surface area contributed by atoms with Crippen molar-refractivity contribution in [3.05, 3.63) is 12.7 Å². The molecule has 0 bridgehead atoms. The molecule has 0 saturated heterocycles. The number of hydrogen-bond donors (Lipinski definition) is 0. The summed E-state index contributed by atoms with van der Waals surface area (Å²) in [7, 11) is 0. The Labute approximate surface area is 103 Å². The van der Waals surface area contributed by atoms with E-state index in [0.717, 1.165) is 6.42 Å². The van der Waals surface area contributed by atoms with E-state index in [9.17, 15) is 9.59 Å². The van der Waals surface area contributed by atoms with Gasteiger partial charge >= 0.3 is 11.9 Å². The molecule has 0 unspecified atom stereocenters. The van der Waals surface area contributed by atoms with Gasteiger partial charge < -0.3 is 9.47 Å². The molecule has 0 spiro atoms. The Morgan fingerprint density at radius 2 is 1.65 bits per heavy atom. The van der Waals surface area contributed by atoms with Crippen LogP contribution in [0.25, 0.3) is 0 Å². The fourth-order valence-corrected chi connectivity index (χ4v) is 1.47. The monoisotopic (exact) mass is 242 g/mol. The van der Waals surface area contributed by atoms with Crippen molar-refractivity contribution >= 4 is 11.9 Å². The number of carbonyl (C=O) groups is 2. The van der Waals surface area contributed by atoms with Crippen LogP contribution < -0.4 is 0 Å². The zero-order valence-electron chi connectivity index (χ0n) is 11.0. The van der Waals surface area contributed by atoms with Gasteiger partial charge in [-0.05, 0) is 40.0 Å². The minimum atomic E-state index is -1.20. The summed E-state index contributed by atoms with van der Waals surface area (Å²) in [6, 6.07) is 0. The third-order valence-electron chi connectivity index (χ3n) is 2.54. The van der Waals surface area contributed by atoms with Crippen molar-refractivity contribution in [3.63, 3.8) is 0 Å². The number of carbonyl (C=O) groups excluding carboxylic acids is 2. The van der Waals surface area contributed by atoms with Crippen molar-refractivity contribution in [2.45, 2.75) is 40.0 Å². The lowest BCUT2D eigenvalue weighted by molar-refractivity contribution is -0.171. The first-order chi connectivity index (χ1) is 8.02. The minimum absolute atomic E-state index is 0.259. The Morgan fingerprint density at radius 3 is 2.00 bits per heavy atom. The maximum absolute atomic E-state index is 11.8. The van der Waals surface area contributed by atoms with Crippen LogP contribution in [0.15, 0.2) is 12.7 Å². The SMILES string of the molecule is C=CCCCC(C)(C(=O)OCC)C(=O)OCC. The third kappa shape index (κ3) is 4.59.